The van der Waals surface area contributed by atoms with Crippen LogP contribution in [0.5, 0.6) is 5.75 Å². The van der Waals surface area contributed by atoms with Gasteiger partial charge in [0, 0.05) is 41.0 Å². The lowest BCUT2D eigenvalue weighted by molar-refractivity contribution is -0.159. The monoisotopic (exact) mass is 583 g/mol. The molecule has 4 N–H and O–H groups in total. The van der Waals surface area contributed by atoms with E-state index in [1.165, 1.54) is 0 Å². The number of H-pyrrole nitrogens is 1. The number of aromatic nitrogens is 2. The SMILES string of the molecule is CC(C)(C)OC(=O)C(CCCCN)NC(=O)C1Cc2c([nH]c3ccccc23)CN1c1cccc(OCc2ccccn2)c1. The van der Waals surface area contributed by atoms with E-state index in [-0.39, 0.29) is 5.91 Å². The molecular weight excluding hydrogens is 542 g/mol. The number of aromatic amines is 1. The Balaban J connectivity index is 1.43. The second kappa shape index (κ2) is 13.3. The van der Waals surface area contributed by atoms with E-state index in [0.717, 1.165) is 40.0 Å². The van der Waals surface area contributed by atoms with E-state index in [9.17, 15) is 9.59 Å². The zero-order chi connectivity index (χ0) is 30.4. The van der Waals surface area contributed by atoms with Crippen LogP contribution in [-0.2, 0) is 33.9 Å². The van der Waals surface area contributed by atoms with Gasteiger partial charge >= 0.3 is 5.97 Å². The van der Waals surface area contributed by atoms with Crippen molar-refractivity contribution in [2.75, 3.05) is 11.4 Å². The molecule has 0 saturated heterocycles. The first-order valence-corrected chi connectivity index (χ1v) is 14.9. The lowest BCUT2D eigenvalue weighted by Gasteiger charge is -2.37. The van der Waals surface area contributed by atoms with Crippen molar-refractivity contribution < 1.29 is 19.1 Å². The van der Waals surface area contributed by atoms with Crippen molar-refractivity contribution in [3.05, 3.63) is 89.9 Å². The molecule has 226 valence electrons. The van der Waals surface area contributed by atoms with Crippen LogP contribution in [0.4, 0.5) is 5.69 Å². The normalized spacial score (nSPS) is 15.5. The zero-order valence-corrected chi connectivity index (χ0v) is 25.1. The molecule has 43 heavy (non-hydrogen) atoms. The zero-order valence-electron chi connectivity index (χ0n) is 25.1. The minimum Gasteiger partial charge on any atom is -0.487 e. The smallest absolute Gasteiger partial charge is 0.329 e. The van der Waals surface area contributed by atoms with E-state index in [0.29, 0.717) is 44.7 Å². The number of pyridine rings is 1. The Morgan fingerprint density at radius 2 is 1.91 bits per heavy atom. The van der Waals surface area contributed by atoms with Gasteiger partial charge in [0.25, 0.3) is 0 Å². The van der Waals surface area contributed by atoms with E-state index in [4.69, 9.17) is 15.2 Å². The number of hydrogen-bond donors (Lipinski definition) is 3. The summed E-state index contributed by atoms with van der Waals surface area (Å²) in [5.74, 6) is 0.0236. The number of hydrogen-bond acceptors (Lipinski definition) is 7. The van der Waals surface area contributed by atoms with Gasteiger partial charge in [-0.25, -0.2) is 4.79 Å². The molecule has 0 radical (unpaired) electrons. The third-order valence-electron chi connectivity index (χ3n) is 7.52. The fraction of sp³-hybridized carbons (Fsp3) is 0.382. The van der Waals surface area contributed by atoms with Crippen LogP contribution < -0.4 is 20.7 Å². The Morgan fingerprint density at radius 1 is 1.09 bits per heavy atom. The molecule has 3 heterocycles. The first-order chi connectivity index (χ1) is 20.7. The van der Waals surface area contributed by atoms with Crippen LogP contribution in [0.15, 0.2) is 72.9 Å². The maximum Gasteiger partial charge on any atom is 0.329 e. The maximum absolute atomic E-state index is 14.1. The van der Waals surface area contributed by atoms with E-state index in [1.807, 2.05) is 75.4 Å². The van der Waals surface area contributed by atoms with Crippen molar-refractivity contribution in [2.45, 2.75) is 77.3 Å². The number of carbonyl (C=O) groups is 2. The number of carbonyl (C=O) groups excluding carboxylic acids is 2. The topological polar surface area (TPSA) is 123 Å². The molecule has 0 aliphatic carbocycles. The summed E-state index contributed by atoms with van der Waals surface area (Å²) in [6.45, 7) is 6.83. The van der Waals surface area contributed by atoms with Crippen molar-refractivity contribution >= 4 is 28.5 Å². The summed E-state index contributed by atoms with van der Waals surface area (Å²) in [6, 6.07) is 20.3. The second-order valence-corrected chi connectivity index (χ2v) is 12.0. The van der Waals surface area contributed by atoms with Crippen molar-refractivity contribution in [2.24, 2.45) is 5.73 Å². The first-order valence-electron chi connectivity index (χ1n) is 14.9. The molecule has 0 fully saturated rings. The molecule has 4 aromatic rings. The second-order valence-electron chi connectivity index (χ2n) is 12.0. The highest BCUT2D eigenvalue weighted by atomic mass is 16.6. The molecule has 1 aliphatic heterocycles. The third-order valence-corrected chi connectivity index (χ3v) is 7.52. The molecule has 1 aliphatic rings. The van der Waals surface area contributed by atoms with Crippen LogP contribution in [0.2, 0.25) is 0 Å². The summed E-state index contributed by atoms with van der Waals surface area (Å²) < 4.78 is 11.8. The van der Waals surface area contributed by atoms with Gasteiger partial charge < -0.3 is 30.4 Å². The quantitative estimate of drug-likeness (QED) is 0.167. The molecule has 2 aromatic heterocycles. The van der Waals surface area contributed by atoms with Crippen molar-refractivity contribution in [1.82, 2.24) is 15.3 Å². The molecule has 9 nitrogen and oxygen atoms in total. The summed E-state index contributed by atoms with van der Waals surface area (Å²) in [4.78, 5) is 37.3. The number of nitrogens with zero attached hydrogens (tertiary/aromatic N) is 2. The van der Waals surface area contributed by atoms with Crippen LogP contribution in [0.25, 0.3) is 10.9 Å². The lowest BCUT2D eigenvalue weighted by Crippen LogP contribution is -2.54. The summed E-state index contributed by atoms with van der Waals surface area (Å²) in [5.41, 5.74) is 9.94. The van der Waals surface area contributed by atoms with Crippen LogP contribution >= 0.6 is 0 Å². The predicted molar refractivity (Wildman–Crippen MR) is 168 cm³/mol. The van der Waals surface area contributed by atoms with Gasteiger partial charge in [0.15, 0.2) is 0 Å². The average Bonchev–Trinajstić information content (AvgIpc) is 3.36. The number of esters is 1. The minimum absolute atomic E-state index is 0.223. The summed E-state index contributed by atoms with van der Waals surface area (Å²) in [5, 5.41) is 4.16. The lowest BCUT2D eigenvalue weighted by atomic mass is 9.95. The molecule has 2 aromatic carbocycles. The van der Waals surface area contributed by atoms with E-state index >= 15 is 0 Å². The molecule has 0 spiro atoms. The van der Waals surface area contributed by atoms with Gasteiger partial charge in [-0.05, 0) is 82.5 Å². The third kappa shape index (κ3) is 7.53. The average molecular weight is 584 g/mol. The fourth-order valence-corrected chi connectivity index (χ4v) is 5.49. The number of rotatable bonds is 11. The summed E-state index contributed by atoms with van der Waals surface area (Å²) in [7, 11) is 0. The fourth-order valence-electron chi connectivity index (χ4n) is 5.49. The van der Waals surface area contributed by atoms with Gasteiger partial charge in [-0.15, -0.1) is 0 Å². The van der Waals surface area contributed by atoms with Gasteiger partial charge in [-0.3, -0.25) is 9.78 Å². The largest absolute Gasteiger partial charge is 0.487 e. The number of nitrogens with two attached hydrogens (primary N) is 1. The van der Waals surface area contributed by atoms with Crippen LogP contribution in [-0.4, -0.2) is 46.1 Å². The number of ether oxygens (including phenoxy) is 2. The van der Waals surface area contributed by atoms with Gasteiger partial charge in [-0.1, -0.05) is 30.3 Å². The Kier molecular flexibility index (Phi) is 9.31. The van der Waals surface area contributed by atoms with Crippen LogP contribution in [0.3, 0.4) is 0 Å². The molecular formula is C34H41N5O4. The van der Waals surface area contributed by atoms with Crippen molar-refractivity contribution in [3.8, 4) is 5.75 Å². The first kappa shape index (κ1) is 30.1. The Bertz CT molecular complexity index is 1550. The molecule has 5 rings (SSSR count). The van der Waals surface area contributed by atoms with Gasteiger partial charge in [0.2, 0.25) is 5.91 Å². The van der Waals surface area contributed by atoms with Gasteiger partial charge in [0.1, 0.15) is 30.0 Å². The Hall–Kier alpha value is -4.37. The molecule has 0 bridgehead atoms. The predicted octanol–water partition coefficient (Wildman–Crippen LogP) is 5.03. The number of unbranched alkanes of at least 4 members (excludes halogenated alkanes) is 1. The van der Waals surface area contributed by atoms with Crippen LogP contribution in [0, 0.1) is 0 Å². The molecule has 2 atom stereocenters. The molecule has 0 saturated carbocycles. The summed E-state index contributed by atoms with van der Waals surface area (Å²) in [6.07, 6.45) is 4.14. The number of benzene rings is 2. The highest BCUT2D eigenvalue weighted by molar-refractivity contribution is 5.92. The molecule has 2 unspecified atom stereocenters. The highest BCUT2D eigenvalue weighted by Crippen LogP contribution is 2.34. The maximum atomic E-state index is 14.1. The standard InChI is InChI=1S/C34H41N5O4/c1-34(2,3)43-33(41)29(16-6-8-17-35)38-32(40)31-20-27-26-14-4-5-15-28(26)37-30(27)21-39(31)24-12-10-13-25(19-24)42-22-23-11-7-9-18-36-23/h4-5,7,9-15,18-19,29,31,37H,6,8,16-17,20-22,35H2,1-3H3,(H,38,40). The Morgan fingerprint density at radius 3 is 2.67 bits per heavy atom. The van der Waals surface area contributed by atoms with Gasteiger partial charge in [0.05, 0.1) is 12.2 Å². The number of para-hydroxylation sites is 1. The van der Waals surface area contributed by atoms with E-state index in [2.05, 4.69) is 32.3 Å². The van der Waals surface area contributed by atoms with Crippen molar-refractivity contribution in [1.29, 1.82) is 0 Å². The van der Waals surface area contributed by atoms with E-state index < -0.39 is 23.7 Å². The highest BCUT2D eigenvalue weighted by Gasteiger charge is 2.36. The molecule has 9 heteroatoms. The van der Waals surface area contributed by atoms with E-state index in [1.54, 1.807) is 6.20 Å². The number of amides is 1. The molecule has 1 amide bonds. The van der Waals surface area contributed by atoms with Crippen molar-refractivity contribution in [3.63, 3.8) is 0 Å². The number of nitrogens with one attached hydrogen (secondary N) is 2. The number of anilines is 1. The van der Waals surface area contributed by atoms with Crippen LogP contribution in [0.1, 0.15) is 57.0 Å². The summed E-state index contributed by atoms with van der Waals surface area (Å²) >= 11 is 0. The Labute approximate surface area is 252 Å². The number of fused-ring (bicyclic) bond motifs is 3. The minimum atomic E-state index is -0.766. The van der Waals surface area contributed by atoms with Gasteiger partial charge in [-0.2, -0.15) is 0 Å².